The minimum absolute atomic E-state index is 0.151. The van der Waals surface area contributed by atoms with Crippen LogP contribution in [0, 0.1) is 0 Å². The van der Waals surface area contributed by atoms with Gasteiger partial charge in [-0.2, -0.15) is 0 Å². The fraction of sp³-hybridized carbons (Fsp3) is 0. The van der Waals surface area contributed by atoms with E-state index in [0.717, 1.165) is 22.3 Å². The average Bonchev–Trinajstić information content (AvgIpc) is 3.20. The van der Waals surface area contributed by atoms with Gasteiger partial charge in [0.25, 0.3) is 0 Å². The van der Waals surface area contributed by atoms with E-state index in [2.05, 4.69) is 4.98 Å². The SMILES string of the molecule is O=C(c1ccccc1)c1oc2c(-c3ccccc3)ccnc2c1-c1ccccc1. The maximum Gasteiger partial charge on any atom is 0.228 e. The van der Waals surface area contributed by atoms with Crippen LogP contribution >= 0.6 is 0 Å². The first-order valence-electron chi connectivity index (χ1n) is 9.45. The molecule has 2 heterocycles. The highest BCUT2D eigenvalue weighted by Gasteiger charge is 2.25. The van der Waals surface area contributed by atoms with Gasteiger partial charge in [0.15, 0.2) is 11.3 Å². The number of rotatable bonds is 4. The summed E-state index contributed by atoms with van der Waals surface area (Å²) < 4.78 is 6.24. The normalized spacial score (nSPS) is 10.9. The molecule has 0 amide bonds. The molecule has 5 rings (SSSR count). The lowest BCUT2D eigenvalue weighted by molar-refractivity contribution is 0.101. The Morgan fingerprint density at radius 1 is 0.690 bits per heavy atom. The Balaban J connectivity index is 1.81. The zero-order valence-electron chi connectivity index (χ0n) is 15.6. The van der Waals surface area contributed by atoms with Crippen LogP contribution in [0.5, 0.6) is 0 Å². The summed E-state index contributed by atoms with van der Waals surface area (Å²) in [6, 6.07) is 30.9. The molecule has 0 aliphatic carbocycles. The third-order valence-electron chi connectivity index (χ3n) is 4.96. The van der Waals surface area contributed by atoms with E-state index >= 15 is 0 Å². The molecular formula is C26H17NO2. The number of carbonyl (C=O) groups excluding carboxylic acids is 1. The molecule has 0 spiro atoms. The molecule has 0 aliphatic heterocycles. The van der Waals surface area contributed by atoms with Crippen LogP contribution in [0.4, 0.5) is 0 Å². The Bertz CT molecular complexity index is 1290. The van der Waals surface area contributed by atoms with Crippen LogP contribution in [0.3, 0.4) is 0 Å². The third kappa shape index (κ3) is 3.03. The highest BCUT2D eigenvalue weighted by atomic mass is 16.3. The summed E-state index contributed by atoms with van der Waals surface area (Å²) in [5.74, 6) is 0.162. The zero-order chi connectivity index (χ0) is 19.6. The maximum absolute atomic E-state index is 13.3. The molecule has 0 saturated heterocycles. The van der Waals surface area contributed by atoms with E-state index < -0.39 is 0 Å². The average molecular weight is 375 g/mol. The molecular weight excluding hydrogens is 358 g/mol. The maximum atomic E-state index is 13.3. The number of hydrogen-bond acceptors (Lipinski definition) is 3. The van der Waals surface area contributed by atoms with Crippen molar-refractivity contribution in [2.24, 2.45) is 0 Å². The second kappa shape index (κ2) is 7.21. The van der Waals surface area contributed by atoms with Crippen molar-refractivity contribution in [3.63, 3.8) is 0 Å². The van der Waals surface area contributed by atoms with Gasteiger partial charge in [-0.25, -0.2) is 0 Å². The van der Waals surface area contributed by atoms with Crippen LogP contribution < -0.4 is 0 Å². The standard InChI is InChI=1S/C26H17NO2/c28-24(20-14-8-3-9-15-20)26-22(19-12-6-2-7-13-19)23-25(29-26)21(16-17-27-23)18-10-4-1-5-11-18/h1-17H. The van der Waals surface area contributed by atoms with Crippen molar-refractivity contribution in [1.29, 1.82) is 0 Å². The van der Waals surface area contributed by atoms with Crippen LogP contribution in [-0.4, -0.2) is 10.8 Å². The van der Waals surface area contributed by atoms with Crippen LogP contribution in [0.15, 0.2) is 108 Å². The molecule has 0 fully saturated rings. The number of hydrogen-bond donors (Lipinski definition) is 0. The van der Waals surface area contributed by atoms with Crippen LogP contribution in [-0.2, 0) is 0 Å². The van der Waals surface area contributed by atoms with Gasteiger partial charge in [-0.15, -0.1) is 0 Å². The van der Waals surface area contributed by atoms with Gasteiger partial charge in [0, 0.05) is 17.3 Å². The molecule has 0 saturated carbocycles. The molecule has 3 heteroatoms. The lowest BCUT2D eigenvalue weighted by Crippen LogP contribution is -2.01. The van der Waals surface area contributed by atoms with Crippen LogP contribution in [0.1, 0.15) is 16.1 Å². The van der Waals surface area contributed by atoms with E-state index in [9.17, 15) is 4.79 Å². The summed E-state index contributed by atoms with van der Waals surface area (Å²) in [7, 11) is 0. The van der Waals surface area contributed by atoms with E-state index in [0.29, 0.717) is 22.4 Å². The zero-order valence-corrected chi connectivity index (χ0v) is 15.6. The van der Waals surface area contributed by atoms with Crippen molar-refractivity contribution in [3.05, 3.63) is 115 Å². The summed E-state index contributed by atoms with van der Waals surface area (Å²) in [4.78, 5) is 17.9. The van der Waals surface area contributed by atoms with E-state index in [-0.39, 0.29) is 5.78 Å². The third-order valence-corrected chi connectivity index (χ3v) is 4.96. The van der Waals surface area contributed by atoms with Crippen molar-refractivity contribution in [3.8, 4) is 22.3 Å². The Morgan fingerprint density at radius 2 is 1.28 bits per heavy atom. The highest BCUT2D eigenvalue weighted by Crippen LogP contribution is 2.39. The summed E-state index contributed by atoms with van der Waals surface area (Å²) in [5.41, 5.74) is 5.47. The topological polar surface area (TPSA) is 43.1 Å². The predicted octanol–water partition coefficient (Wildman–Crippen LogP) is 6.39. The van der Waals surface area contributed by atoms with Gasteiger partial charge in [0.2, 0.25) is 5.78 Å². The molecule has 0 N–H and O–H groups in total. The van der Waals surface area contributed by atoms with E-state index in [1.54, 1.807) is 18.3 Å². The fourth-order valence-electron chi connectivity index (χ4n) is 3.59. The number of nitrogens with zero attached hydrogens (tertiary/aromatic N) is 1. The van der Waals surface area contributed by atoms with Crippen LogP contribution in [0.25, 0.3) is 33.4 Å². The quantitative estimate of drug-likeness (QED) is 0.342. The lowest BCUT2D eigenvalue weighted by atomic mass is 9.99. The minimum atomic E-state index is -0.151. The Labute approximate surface area is 168 Å². The molecule has 138 valence electrons. The smallest absolute Gasteiger partial charge is 0.228 e. The first kappa shape index (κ1) is 17.1. The molecule has 5 aromatic rings. The molecule has 3 nitrogen and oxygen atoms in total. The number of carbonyl (C=O) groups is 1. The predicted molar refractivity (Wildman–Crippen MR) is 115 cm³/mol. The van der Waals surface area contributed by atoms with Gasteiger partial charge in [-0.3, -0.25) is 9.78 Å². The van der Waals surface area contributed by atoms with E-state index in [1.807, 2.05) is 84.9 Å². The van der Waals surface area contributed by atoms with Crippen molar-refractivity contribution in [2.45, 2.75) is 0 Å². The molecule has 2 aromatic heterocycles. The number of aromatic nitrogens is 1. The molecule has 3 aromatic carbocycles. The summed E-state index contributed by atoms with van der Waals surface area (Å²) in [6.07, 6.45) is 1.77. The van der Waals surface area contributed by atoms with Crippen LogP contribution in [0.2, 0.25) is 0 Å². The Kier molecular flexibility index (Phi) is 4.26. The fourth-order valence-corrected chi connectivity index (χ4v) is 3.59. The molecule has 0 radical (unpaired) electrons. The molecule has 0 bridgehead atoms. The van der Waals surface area contributed by atoms with Gasteiger partial charge >= 0.3 is 0 Å². The van der Waals surface area contributed by atoms with Gasteiger partial charge in [0.1, 0.15) is 5.52 Å². The van der Waals surface area contributed by atoms with Crippen molar-refractivity contribution >= 4 is 16.9 Å². The van der Waals surface area contributed by atoms with Gasteiger partial charge in [-0.1, -0.05) is 91.0 Å². The highest BCUT2D eigenvalue weighted by molar-refractivity contribution is 6.16. The number of pyridine rings is 1. The van der Waals surface area contributed by atoms with E-state index in [1.165, 1.54) is 0 Å². The monoisotopic (exact) mass is 375 g/mol. The van der Waals surface area contributed by atoms with Crippen molar-refractivity contribution in [1.82, 2.24) is 4.98 Å². The minimum Gasteiger partial charge on any atom is -0.450 e. The van der Waals surface area contributed by atoms with Gasteiger partial charge in [-0.05, 0) is 17.2 Å². The summed E-state index contributed by atoms with van der Waals surface area (Å²) >= 11 is 0. The Hall–Kier alpha value is -3.98. The first-order valence-corrected chi connectivity index (χ1v) is 9.45. The first-order chi connectivity index (χ1) is 14.3. The number of ketones is 1. The second-order valence-electron chi connectivity index (χ2n) is 6.77. The molecule has 0 aliphatic rings. The van der Waals surface area contributed by atoms with Gasteiger partial charge in [0.05, 0.1) is 5.56 Å². The molecule has 29 heavy (non-hydrogen) atoms. The lowest BCUT2D eigenvalue weighted by Gasteiger charge is -2.03. The summed E-state index contributed by atoms with van der Waals surface area (Å²) in [5, 5.41) is 0. The second-order valence-corrected chi connectivity index (χ2v) is 6.77. The molecule has 0 unspecified atom stereocenters. The number of furan rings is 1. The van der Waals surface area contributed by atoms with E-state index in [4.69, 9.17) is 4.42 Å². The van der Waals surface area contributed by atoms with Crippen molar-refractivity contribution in [2.75, 3.05) is 0 Å². The summed E-state index contributed by atoms with van der Waals surface area (Å²) in [6.45, 7) is 0. The number of benzene rings is 3. The molecule has 0 atom stereocenters. The largest absolute Gasteiger partial charge is 0.450 e. The van der Waals surface area contributed by atoms with Crippen molar-refractivity contribution < 1.29 is 9.21 Å². The van der Waals surface area contributed by atoms with Gasteiger partial charge < -0.3 is 4.42 Å². The number of fused-ring (bicyclic) bond motifs is 1. The Morgan fingerprint density at radius 3 is 1.93 bits per heavy atom.